The third-order valence-electron chi connectivity index (χ3n) is 1.91. The minimum atomic E-state index is -3.65. The third-order valence-corrected chi connectivity index (χ3v) is 2.30. The lowest BCUT2D eigenvalue weighted by Gasteiger charge is -2.08. The molecule has 0 saturated carbocycles. The highest BCUT2D eigenvalue weighted by Gasteiger charge is 2.05. The Bertz CT molecular complexity index is 571. The first-order chi connectivity index (χ1) is 8.85. The minimum Gasteiger partial charge on any atom is -0.493 e. The molecule has 1 aromatic carbocycles. The summed E-state index contributed by atoms with van der Waals surface area (Å²) in [6.45, 7) is 0. The Balaban J connectivity index is 2.86. The monoisotopic (exact) mass is 289 g/mol. The fraction of sp³-hybridized carbons (Fsp3) is 0.300. The first kappa shape index (κ1) is 15.1. The van der Waals surface area contributed by atoms with Gasteiger partial charge in [0.25, 0.3) is 10.1 Å². The van der Waals surface area contributed by atoms with Gasteiger partial charge >= 0.3 is 0 Å². The number of hydrogen-bond acceptors (Lipinski definition) is 6. The van der Waals surface area contributed by atoms with E-state index in [1.807, 2.05) is 5.48 Å². The van der Waals surface area contributed by atoms with Gasteiger partial charge in [0, 0.05) is 6.07 Å². The van der Waals surface area contributed by atoms with E-state index >= 15 is 0 Å². The van der Waals surface area contributed by atoms with Crippen LogP contribution >= 0.6 is 0 Å². The molecule has 0 bridgehead atoms. The van der Waals surface area contributed by atoms with Crippen LogP contribution in [0.4, 0.5) is 5.69 Å². The summed E-state index contributed by atoms with van der Waals surface area (Å²) in [4.78, 5) is 3.90. The molecule has 0 saturated heterocycles. The normalized spacial score (nSPS) is 12.1. The summed E-state index contributed by atoms with van der Waals surface area (Å²) in [5, 5.41) is 0. The molecule has 106 valence electrons. The fourth-order valence-electron chi connectivity index (χ4n) is 1.17. The smallest absolute Gasteiger partial charge is 0.285 e. The molecule has 0 aliphatic carbocycles. The highest BCUT2D eigenvalue weighted by molar-refractivity contribution is 7.85. The molecule has 0 aromatic heterocycles. The number of nitrogens with one attached hydrogen (secondary N) is 1. The first-order valence-corrected chi connectivity index (χ1v) is 6.88. The molecule has 0 radical (unpaired) electrons. The van der Waals surface area contributed by atoms with E-state index in [-0.39, 0.29) is 5.96 Å². The molecule has 0 amide bonds. The molecule has 19 heavy (non-hydrogen) atoms. The van der Waals surface area contributed by atoms with E-state index in [9.17, 15) is 8.42 Å². The zero-order valence-electron chi connectivity index (χ0n) is 10.7. The predicted molar refractivity (Wildman–Crippen MR) is 69.9 cm³/mol. The number of methoxy groups -OCH3 is 2. The van der Waals surface area contributed by atoms with Crippen molar-refractivity contribution in [2.24, 2.45) is 10.7 Å². The van der Waals surface area contributed by atoms with E-state index in [1.54, 1.807) is 18.2 Å². The number of ether oxygens (including phenoxy) is 2. The minimum absolute atomic E-state index is 0.211. The second-order valence-electron chi connectivity index (χ2n) is 3.43. The lowest BCUT2D eigenvalue weighted by molar-refractivity contribution is 0.269. The van der Waals surface area contributed by atoms with E-state index in [0.717, 1.165) is 6.26 Å². The van der Waals surface area contributed by atoms with Gasteiger partial charge in [-0.1, -0.05) is 0 Å². The Kier molecular flexibility index (Phi) is 4.95. The summed E-state index contributed by atoms with van der Waals surface area (Å²) in [5.74, 6) is 0.804. The van der Waals surface area contributed by atoms with Gasteiger partial charge < -0.3 is 15.2 Å². The molecule has 9 heteroatoms. The molecular weight excluding hydrogens is 274 g/mol. The van der Waals surface area contributed by atoms with Gasteiger partial charge in [0.05, 0.1) is 26.2 Å². The van der Waals surface area contributed by atoms with Gasteiger partial charge in [-0.3, -0.25) is 0 Å². The highest BCUT2D eigenvalue weighted by atomic mass is 32.2. The van der Waals surface area contributed by atoms with Crippen LogP contribution in [0, 0.1) is 0 Å². The summed E-state index contributed by atoms with van der Waals surface area (Å²) < 4.78 is 35.9. The molecule has 3 N–H and O–H groups in total. The van der Waals surface area contributed by atoms with Crippen LogP contribution in [0.15, 0.2) is 23.2 Å². The van der Waals surface area contributed by atoms with E-state index in [2.05, 4.69) is 9.28 Å². The van der Waals surface area contributed by atoms with Crippen molar-refractivity contribution < 1.29 is 22.2 Å². The van der Waals surface area contributed by atoms with Crippen molar-refractivity contribution in [1.82, 2.24) is 5.48 Å². The van der Waals surface area contributed by atoms with Crippen molar-refractivity contribution in [3.05, 3.63) is 18.2 Å². The Morgan fingerprint density at radius 1 is 1.26 bits per heavy atom. The number of guanidine groups is 1. The zero-order chi connectivity index (χ0) is 14.5. The Hall–Kier alpha value is -2.00. The van der Waals surface area contributed by atoms with Crippen LogP contribution in [0.2, 0.25) is 0 Å². The van der Waals surface area contributed by atoms with E-state index in [0.29, 0.717) is 17.2 Å². The lowest BCUT2D eigenvalue weighted by Crippen LogP contribution is -2.33. The largest absolute Gasteiger partial charge is 0.493 e. The zero-order valence-corrected chi connectivity index (χ0v) is 11.5. The Morgan fingerprint density at radius 3 is 2.42 bits per heavy atom. The van der Waals surface area contributed by atoms with E-state index in [4.69, 9.17) is 15.2 Å². The number of nitrogens with two attached hydrogens (primary N) is 1. The standard InChI is InChI=1S/C10H15N3O5S/c1-16-8-5-4-7(6-9(8)17-2)12-10(11)13-18-19(3,14)15/h4-6H,1-3H3,(H3,11,12,13). The maximum atomic E-state index is 10.7. The second kappa shape index (κ2) is 6.25. The van der Waals surface area contributed by atoms with Gasteiger partial charge in [0.2, 0.25) is 5.96 Å². The summed E-state index contributed by atoms with van der Waals surface area (Å²) in [7, 11) is -0.655. The number of rotatable bonds is 5. The van der Waals surface area contributed by atoms with Gasteiger partial charge in [-0.15, -0.1) is 4.28 Å². The molecule has 8 nitrogen and oxygen atoms in total. The maximum Gasteiger partial charge on any atom is 0.285 e. The predicted octanol–water partition coefficient (Wildman–Crippen LogP) is 0.131. The highest BCUT2D eigenvalue weighted by Crippen LogP contribution is 2.30. The van der Waals surface area contributed by atoms with Gasteiger partial charge in [-0.2, -0.15) is 8.42 Å². The van der Waals surface area contributed by atoms with E-state index < -0.39 is 10.1 Å². The summed E-state index contributed by atoms with van der Waals surface area (Å²) in [6, 6.07) is 4.84. The van der Waals surface area contributed by atoms with Crippen molar-refractivity contribution in [2.75, 3.05) is 20.5 Å². The third kappa shape index (κ3) is 5.02. The van der Waals surface area contributed by atoms with Gasteiger partial charge in [0.15, 0.2) is 11.5 Å². The number of nitrogens with zero attached hydrogens (tertiary/aromatic N) is 1. The molecule has 0 aliphatic heterocycles. The van der Waals surface area contributed by atoms with Crippen molar-refractivity contribution in [1.29, 1.82) is 0 Å². The number of aliphatic imine (C=N–C) groups is 1. The van der Waals surface area contributed by atoms with Crippen LogP contribution in [0.3, 0.4) is 0 Å². The molecule has 0 aliphatic rings. The summed E-state index contributed by atoms with van der Waals surface area (Å²) in [6.07, 6.45) is 0.879. The van der Waals surface area contributed by atoms with Crippen molar-refractivity contribution in [3.63, 3.8) is 0 Å². The SMILES string of the molecule is COc1ccc(N=C(N)NOS(C)(=O)=O)cc1OC. The molecule has 0 heterocycles. The molecule has 0 fully saturated rings. The molecule has 0 atom stereocenters. The Morgan fingerprint density at radius 2 is 1.89 bits per heavy atom. The van der Waals surface area contributed by atoms with Crippen molar-refractivity contribution >= 4 is 21.8 Å². The molecule has 0 unspecified atom stereocenters. The average molecular weight is 289 g/mol. The van der Waals surface area contributed by atoms with Crippen molar-refractivity contribution in [2.45, 2.75) is 0 Å². The lowest BCUT2D eigenvalue weighted by atomic mass is 10.3. The Labute approximate surface area is 111 Å². The summed E-state index contributed by atoms with van der Waals surface area (Å²) >= 11 is 0. The van der Waals surface area contributed by atoms with Crippen LogP contribution < -0.4 is 20.7 Å². The number of hydroxylamine groups is 1. The molecular formula is C10H15N3O5S. The van der Waals surface area contributed by atoms with Crippen LogP contribution in [0.5, 0.6) is 11.5 Å². The van der Waals surface area contributed by atoms with Gasteiger partial charge in [-0.25, -0.2) is 10.5 Å². The average Bonchev–Trinajstić information content (AvgIpc) is 2.35. The van der Waals surface area contributed by atoms with Crippen LogP contribution in [0.25, 0.3) is 0 Å². The van der Waals surface area contributed by atoms with Crippen LogP contribution in [-0.2, 0) is 14.4 Å². The molecule has 1 rings (SSSR count). The molecule has 0 spiro atoms. The van der Waals surface area contributed by atoms with Gasteiger partial charge in [0.1, 0.15) is 0 Å². The topological polar surface area (TPSA) is 112 Å². The van der Waals surface area contributed by atoms with Crippen LogP contribution in [0.1, 0.15) is 0 Å². The van der Waals surface area contributed by atoms with E-state index in [1.165, 1.54) is 14.2 Å². The maximum absolute atomic E-state index is 10.7. The number of hydrogen-bond donors (Lipinski definition) is 2. The first-order valence-electron chi connectivity index (χ1n) is 5.06. The second-order valence-corrected chi connectivity index (χ2v) is 5.00. The van der Waals surface area contributed by atoms with Gasteiger partial charge in [-0.05, 0) is 12.1 Å². The fourth-order valence-corrected chi connectivity index (χ4v) is 1.41. The van der Waals surface area contributed by atoms with Crippen LogP contribution in [-0.4, -0.2) is 34.9 Å². The van der Waals surface area contributed by atoms with Crippen molar-refractivity contribution in [3.8, 4) is 11.5 Å². The summed E-state index contributed by atoms with van der Waals surface area (Å²) in [5.41, 5.74) is 7.90. The molecule has 1 aromatic rings. The number of benzene rings is 1. The quantitative estimate of drug-likeness (QED) is 0.450.